The largest absolute Gasteiger partial charge is 0.245 e. The first-order valence-corrected chi connectivity index (χ1v) is 12.2. The first-order chi connectivity index (χ1) is 12.5. The molecule has 0 aromatic heterocycles. The Morgan fingerprint density at radius 1 is 0.615 bits per heavy atom. The van der Waals surface area contributed by atoms with E-state index >= 15 is 0 Å². The Labute approximate surface area is 191 Å². The predicted octanol–water partition coefficient (Wildman–Crippen LogP) is 7.57. The third-order valence-corrected chi connectivity index (χ3v) is 9.33. The zero-order valence-electron chi connectivity index (χ0n) is 12.7. The van der Waals surface area contributed by atoms with Crippen LogP contribution in [0.5, 0.6) is 0 Å². The number of fused-ring (bicyclic) bond motifs is 4. The molecule has 8 heteroatoms. The topological polar surface area (TPSA) is 24.7 Å². The molecule has 2 heterocycles. The van der Waals surface area contributed by atoms with E-state index in [4.69, 9.17) is 9.98 Å². The molecule has 0 N–H and O–H groups in total. The van der Waals surface area contributed by atoms with Crippen molar-refractivity contribution in [3.05, 3.63) is 65.0 Å². The monoisotopic (exact) mass is 630 g/mol. The highest BCUT2D eigenvalue weighted by molar-refractivity contribution is 9.11. The molecule has 26 heavy (non-hydrogen) atoms. The van der Waals surface area contributed by atoms with Gasteiger partial charge in [0.25, 0.3) is 0 Å². The van der Waals surface area contributed by atoms with Crippen molar-refractivity contribution in [1.29, 1.82) is 0 Å². The van der Waals surface area contributed by atoms with Crippen molar-refractivity contribution < 1.29 is 0 Å². The molecule has 5 rings (SSSR count). The lowest BCUT2D eigenvalue weighted by molar-refractivity contribution is 1.03. The highest BCUT2D eigenvalue weighted by atomic mass is 79.9. The summed E-state index contributed by atoms with van der Waals surface area (Å²) in [6.45, 7) is 0. The van der Waals surface area contributed by atoms with E-state index in [-0.39, 0.29) is 0 Å². The fourth-order valence-corrected chi connectivity index (χ4v) is 7.63. The van der Waals surface area contributed by atoms with Gasteiger partial charge >= 0.3 is 0 Å². The van der Waals surface area contributed by atoms with Crippen LogP contribution < -0.4 is 10.7 Å². The van der Waals surface area contributed by atoms with Gasteiger partial charge in [-0.05, 0) is 68.3 Å². The van der Waals surface area contributed by atoms with Gasteiger partial charge < -0.3 is 0 Å². The normalized spacial score (nSPS) is 13.7. The van der Waals surface area contributed by atoms with E-state index in [1.807, 2.05) is 24.3 Å². The summed E-state index contributed by atoms with van der Waals surface area (Å²) in [6, 6.07) is 12.3. The van der Waals surface area contributed by atoms with E-state index in [2.05, 4.69) is 75.9 Å². The van der Waals surface area contributed by atoms with Crippen LogP contribution in [0.4, 0.5) is 11.4 Å². The maximum Gasteiger partial charge on any atom is 0.0943 e. The van der Waals surface area contributed by atoms with Gasteiger partial charge in [-0.15, -0.1) is 0 Å². The molecule has 0 saturated heterocycles. The Morgan fingerprint density at radius 3 is 1.46 bits per heavy atom. The van der Waals surface area contributed by atoms with E-state index in [0.29, 0.717) is 0 Å². The molecule has 2 aliphatic heterocycles. The molecule has 0 atom stereocenters. The Bertz CT molecular complexity index is 1140. The van der Waals surface area contributed by atoms with Gasteiger partial charge in [0.05, 0.1) is 40.8 Å². The summed E-state index contributed by atoms with van der Waals surface area (Å²) in [6.07, 6.45) is 0. The molecule has 0 aliphatic carbocycles. The van der Waals surface area contributed by atoms with Gasteiger partial charge in [-0.1, -0.05) is 55.4 Å². The lowest BCUT2D eigenvalue weighted by atomic mass is 10.2. The van der Waals surface area contributed by atoms with Crippen molar-refractivity contribution in [3.8, 4) is 0 Å². The Kier molecular flexibility index (Phi) is 4.65. The van der Waals surface area contributed by atoms with Crippen LogP contribution in [-0.2, 0) is 0 Å². The number of hydrogen-bond donors (Lipinski definition) is 0. The number of halogens is 4. The van der Waals surface area contributed by atoms with Gasteiger partial charge in [0.2, 0.25) is 0 Å². The molecular formula is C18H6Br4N2S2. The molecule has 0 bridgehead atoms. The molecule has 128 valence electrons. The van der Waals surface area contributed by atoms with Crippen molar-refractivity contribution in [2.24, 2.45) is 9.98 Å². The van der Waals surface area contributed by atoms with Crippen molar-refractivity contribution in [3.63, 3.8) is 0 Å². The summed E-state index contributed by atoms with van der Waals surface area (Å²) in [5, 5.41) is 1.91. The highest BCUT2D eigenvalue weighted by Gasteiger charge is 2.25. The van der Waals surface area contributed by atoms with E-state index < -0.39 is 0 Å². The molecule has 3 aromatic carbocycles. The lowest BCUT2D eigenvalue weighted by Crippen LogP contribution is -2.22. The van der Waals surface area contributed by atoms with Gasteiger partial charge in [-0.3, -0.25) is 0 Å². The third-order valence-electron chi connectivity index (χ3n) is 3.98. The summed E-state index contributed by atoms with van der Waals surface area (Å²) >= 11 is 18.1. The average Bonchev–Trinajstić information content (AvgIpc) is 2.63. The Balaban J connectivity index is 1.83. The molecule has 0 saturated carbocycles. The van der Waals surface area contributed by atoms with Gasteiger partial charge in [0.15, 0.2) is 0 Å². The summed E-state index contributed by atoms with van der Waals surface area (Å²) < 4.78 is 4.09. The maximum absolute atomic E-state index is 4.91. The molecule has 0 spiro atoms. The average molecular weight is 634 g/mol. The summed E-state index contributed by atoms with van der Waals surface area (Å²) in [5.74, 6) is 0. The van der Waals surface area contributed by atoms with E-state index in [1.54, 1.807) is 23.5 Å². The minimum absolute atomic E-state index is 0.955. The fraction of sp³-hybridized carbons (Fsp3) is 0. The molecule has 0 radical (unpaired) electrons. The first kappa shape index (κ1) is 17.9. The van der Waals surface area contributed by atoms with Crippen LogP contribution in [0.15, 0.2) is 83.9 Å². The maximum atomic E-state index is 4.91. The van der Waals surface area contributed by atoms with Crippen molar-refractivity contribution in [2.45, 2.75) is 19.6 Å². The fourth-order valence-electron chi connectivity index (χ4n) is 2.79. The second kappa shape index (κ2) is 6.74. The number of benzene rings is 3. The molecular weight excluding hydrogens is 628 g/mol. The molecule has 2 nitrogen and oxygen atoms in total. The molecule has 0 unspecified atom stereocenters. The van der Waals surface area contributed by atoms with Gasteiger partial charge in [-0.25, -0.2) is 9.98 Å². The molecule has 2 aliphatic rings. The molecule has 0 fully saturated rings. The lowest BCUT2D eigenvalue weighted by Gasteiger charge is -2.20. The molecule has 3 aromatic rings. The third kappa shape index (κ3) is 2.88. The zero-order valence-corrected chi connectivity index (χ0v) is 20.7. The Morgan fingerprint density at radius 2 is 1.04 bits per heavy atom. The van der Waals surface area contributed by atoms with Gasteiger partial charge in [0, 0.05) is 18.7 Å². The van der Waals surface area contributed by atoms with Crippen LogP contribution in [0.1, 0.15) is 0 Å². The van der Waals surface area contributed by atoms with Crippen LogP contribution in [-0.4, -0.2) is 0 Å². The summed E-state index contributed by atoms with van der Waals surface area (Å²) in [7, 11) is 0. The summed E-state index contributed by atoms with van der Waals surface area (Å²) in [4.78, 5) is 14.3. The summed E-state index contributed by atoms with van der Waals surface area (Å²) in [5.41, 5.74) is 1.97. The van der Waals surface area contributed by atoms with Crippen LogP contribution in [0.25, 0.3) is 0 Å². The van der Waals surface area contributed by atoms with Gasteiger partial charge in [-0.2, -0.15) is 0 Å². The quantitative estimate of drug-likeness (QED) is 0.176. The van der Waals surface area contributed by atoms with Crippen LogP contribution >= 0.6 is 87.2 Å². The van der Waals surface area contributed by atoms with Crippen molar-refractivity contribution in [1.82, 2.24) is 0 Å². The van der Waals surface area contributed by atoms with E-state index in [9.17, 15) is 0 Å². The number of hydrogen-bond acceptors (Lipinski definition) is 4. The molecule has 0 amide bonds. The number of rotatable bonds is 0. The SMILES string of the molecule is Brc1ccc2c(c1)Sc1c(Br)c3c(c(Br)c1=N2)Sc1cc(Br)ccc1N=3. The van der Waals surface area contributed by atoms with Crippen LogP contribution in [0.3, 0.4) is 0 Å². The first-order valence-electron chi connectivity index (χ1n) is 7.44. The van der Waals surface area contributed by atoms with Crippen LogP contribution in [0.2, 0.25) is 0 Å². The van der Waals surface area contributed by atoms with E-state index in [1.165, 1.54) is 0 Å². The Hall–Kier alpha value is -0.120. The second-order valence-electron chi connectivity index (χ2n) is 5.64. The standard InChI is InChI=1S/C18H6Br4N2S2/c19-7-1-3-9-11(5-7)25-17-14(22)16-18(13(21)15(17)23-9)26-12-6-8(20)2-4-10(12)24-16/h1-6H. The zero-order chi connectivity index (χ0) is 18.0. The number of nitrogens with zero attached hydrogens (tertiary/aromatic N) is 2. The van der Waals surface area contributed by atoms with E-state index in [0.717, 1.165) is 59.6 Å². The van der Waals surface area contributed by atoms with Crippen molar-refractivity contribution in [2.75, 3.05) is 0 Å². The second-order valence-corrected chi connectivity index (χ2v) is 11.2. The van der Waals surface area contributed by atoms with Crippen LogP contribution in [0, 0.1) is 0 Å². The van der Waals surface area contributed by atoms with Gasteiger partial charge in [0.1, 0.15) is 0 Å². The predicted molar refractivity (Wildman–Crippen MR) is 120 cm³/mol. The highest BCUT2D eigenvalue weighted by Crippen LogP contribution is 2.45. The van der Waals surface area contributed by atoms with Crippen molar-refractivity contribution >= 4 is 98.6 Å². The minimum Gasteiger partial charge on any atom is -0.245 e. The smallest absolute Gasteiger partial charge is 0.0943 e. The minimum atomic E-state index is 0.955.